The Morgan fingerprint density at radius 2 is 1.95 bits per heavy atom. The zero-order valence-corrected chi connectivity index (χ0v) is 13.2. The van der Waals surface area contributed by atoms with Gasteiger partial charge in [0.2, 0.25) is 0 Å². The summed E-state index contributed by atoms with van der Waals surface area (Å²) in [5, 5.41) is 0.163. The summed E-state index contributed by atoms with van der Waals surface area (Å²) >= 11 is 6.23. The van der Waals surface area contributed by atoms with Crippen LogP contribution in [0.2, 0.25) is 5.02 Å². The van der Waals surface area contributed by atoms with Crippen LogP contribution in [0.25, 0.3) is 5.57 Å². The molecule has 0 aliphatic carbocycles. The maximum atomic E-state index is 13.2. The number of rotatable bonds is 4. The molecule has 1 aliphatic rings. The third-order valence-electron chi connectivity index (χ3n) is 3.79. The third-order valence-corrected chi connectivity index (χ3v) is 4.22. The minimum atomic E-state index is -4.41. The first-order valence-corrected chi connectivity index (χ1v) is 7.53. The fourth-order valence-corrected chi connectivity index (χ4v) is 2.98. The lowest BCUT2D eigenvalue weighted by atomic mass is 9.97. The van der Waals surface area contributed by atoms with E-state index in [1.54, 1.807) is 6.92 Å². The summed E-state index contributed by atoms with van der Waals surface area (Å²) in [6, 6.07) is 2.50. The van der Waals surface area contributed by atoms with Gasteiger partial charge in [-0.15, -0.1) is 0 Å². The second kappa shape index (κ2) is 7.02. The molecule has 0 amide bonds. The fraction of sp³-hybridized carbons (Fsp3) is 0.500. The van der Waals surface area contributed by atoms with Crippen LogP contribution in [0, 0.1) is 0 Å². The molecular weight excluding hydrogens is 315 g/mol. The lowest BCUT2D eigenvalue weighted by molar-refractivity contribution is -0.138. The van der Waals surface area contributed by atoms with Crippen molar-refractivity contribution in [1.82, 2.24) is 4.90 Å². The Kier molecular flexibility index (Phi) is 5.53. The molecule has 0 N–H and O–H groups in total. The van der Waals surface area contributed by atoms with E-state index >= 15 is 0 Å². The highest BCUT2D eigenvalue weighted by molar-refractivity contribution is 6.33. The molecule has 1 aromatic rings. The lowest BCUT2D eigenvalue weighted by Crippen LogP contribution is -2.37. The summed E-state index contributed by atoms with van der Waals surface area (Å²) in [6.07, 6.45) is -4.15. The Bertz CT molecular complexity index is 551. The normalized spacial score (nSPS) is 16.8. The van der Waals surface area contributed by atoms with Gasteiger partial charge in [-0.3, -0.25) is 4.90 Å². The molecule has 1 aromatic carbocycles. The van der Waals surface area contributed by atoms with Crippen LogP contribution >= 0.6 is 11.6 Å². The van der Waals surface area contributed by atoms with Gasteiger partial charge in [-0.1, -0.05) is 24.2 Å². The number of ether oxygens (including phenoxy) is 1. The molecule has 0 unspecified atom stereocenters. The number of allylic oxidation sites excluding steroid dienone is 1. The first kappa shape index (κ1) is 17.3. The van der Waals surface area contributed by atoms with Crippen LogP contribution in [-0.4, -0.2) is 37.7 Å². The monoisotopic (exact) mass is 333 g/mol. The second-order valence-electron chi connectivity index (χ2n) is 5.44. The molecule has 122 valence electrons. The van der Waals surface area contributed by atoms with E-state index in [-0.39, 0.29) is 17.0 Å². The molecule has 0 saturated carbocycles. The second-order valence-corrected chi connectivity index (χ2v) is 5.81. The average molecular weight is 334 g/mol. The Balaban J connectivity index is 2.28. The van der Waals surface area contributed by atoms with Crippen molar-refractivity contribution in [2.75, 3.05) is 32.8 Å². The highest BCUT2D eigenvalue weighted by Gasteiger charge is 2.34. The van der Waals surface area contributed by atoms with E-state index in [0.717, 1.165) is 19.2 Å². The van der Waals surface area contributed by atoms with Gasteiger partial charge in [-0.05, 0) is 36.1 Å². The Hall–Kier alpha value is -1.04. The van der Waals surface area contributed by atoms with E-state index in [1.807, 2.05) is 0 Å². The number of nitrogens with zero attached hydrogens (tertiary/aromatic N) is 1. The van der Waals surface area contributed by atoms with Crippen molar-refractivity contribution in [3.8, 4) is 0 Å². The van der Waals surface area contributed by atoms with Crippen molar-refractivity contribution in [3.63, 3.8) is 0 Å². The third kappa shape index (κ3) is 4.03. The predicted octanol–water partition coefficient (Wildman–Crippen LogP) is 4.27. The van der Waals surface area contributed by atoms with Gasteiger partial charge in [0.05, 0.1) is 23.8 Å². The lowest BCUT2D eigenvalue weighted by Gasteiger charge is -2.27. The van der Waals surface area contributed by atoms with Crippen LogP contribution in [0.3, 0.4) is 0 Å². The fourth-order valence-electron chi connectivity index (χ4n) is 2.56. The van der Waals surface area contributed by atoms with Crippen molar-refractivity contribution in [3.05, 3.63) is 40.4 Å². The summed E-state index contributed by atoms with van der Waals surface area (Å²) < 4.78 is 44.9. The van der Waals surface area contributed by atoms with Gasteiger partial charge in [-0.25, -0.2) is 0 Å². The predicted molar refractivity (Wildman–Crippen MR) is 82.1 cm³/mol. The molecule has 0 radical (unpaired) electrons. The van der Waals surface area contributed by atoms with Crippen LogP contribution in [0.1, 0.15) is 23.6 Å². The van der Waals surface area contributed by atoms with E-state index < -0.39 is 11.7 Å². The molecule has 1 fully saturated rings. The molecule has 2 rings (SSSR count). The number of morpholine rings is 1. The molecule has 1 aliphatic heterocycles. The summed E-state index contributed by atoms with van der Waals surface area (Å²) in [5.41, 5.74) is 0.731. The van der Waals surface area contributed by atoms with E-state index in [4.69, 9.17) is 16.3 Å². The first-order chi connectivity index (χ1) is 10.3. The standard InChI is InChI=1S/C16H19ClF3NO/c1-11(2)12-3-4-14(16(18,19)20)13(15(12)17)5-6-21-7-9-22-10-8-21/h3-4H,1,5-10H2,2H3. The van der Waals surface area contributed by atoms with Gasteiger partial charge in [0.15, 0.2) is 0 Å². The molecule has 1 saturated heterocycles. The Morgan fingerprint density at radius 1 is 1.32 bits per heavy atom. The summed E-state index contributed by atoms with van der Waals surface area (Å²) in [4.78, 5) is 2.09. The van der Waals surface area contributed by atoms with E-state index in [1.165, 1.54) is 6.07 Å². The SMILES string of the molecule is C=C(C)c1ccc(C(F)(F)F)c(CCN2CCOCC2)c1Cl. The van der Waals surface area contributed by atoms with Crippen LogP contribution in [0.4, 0.5) is 13.2 Å². The zero-order valence-electron chi connectivity index (χ0n) is 12.5. The molecule has 6 heteroatoms. The molecule has 0 atom stereocenters. The average Bonchev–Trinajstić information content (AvgIpc) is 2.45. The van der Waals surface area contributed by atoms with E-state index in [9.17, 15) is 13.2 Å². The van der Waals surface area contributed by atoms with Gasteiger partial charge in [-0.2, -0.15) is 13.2 Å². The molecule has 1 heterocycles. The number of halogens is 4. The number of benzene rings is 1. The molecule has 0 bridgehead atoms. The molecule has 0 aromatic heterocycles. The van der Waals surface area contributed by atoms with E-state index in [0.29, 0.717) is 30.9 Å². The highest BCUT2D eigenvalue weighted by Crippen LogP contribution is 2.38. The molecular formula is C16H19ClF3NO. The quantitative estimate of drug-likeness (QED) is 0.816. The van der Waals surface area contributed by atoms with Crippen molar-refractivity contribution < 1.29 is 17.9 Å². The van der Waals surface area contributed by atoms with Gasteiger partial charge in [0, 0.05) is 19.6 Å². The summed E-state index contributed by atoms with van der Waals surface area (Å²) in [5.74, 6) is 0. The van der Waals surface area contributed by atoms with Crippen LogP contribution in [0.15, 0.2) is 18.7 Å². The van der Waals surface area contributed by atoms with E-state index in [2.05, 4.69) is 11.5 Å². The topological polar surface area (TPSA) is 12.5 Å². The van der Waals surface area contributed by atoms with Gasteiger partial charge < -0.3 is 4.74 Å². The first-order valence-electron chi connectivity index (χ1n) is 7.15. The molecule has 0 spiro atoms. The maximum Gasteiger partial charge on any atom is 0.416 e. The van der Waals surface area contributed by atoms with Gasteiger partial charge in [0.25, 0.3) is 0 Å². The minimum absolute atomic E-state index is 0.154. The largest absolute Gasteiger partial charge is 0.416 e. The van der Waals surface area contributed by atoms with Gasteiger partial charge >= 0.3 is 6.18 Å². The number of hydrogen-bond donors (Lipinski definition) is 0. The summed E-state index contributed by atoms with van der Waals surface area (Å²) in [7, 11) is 0. The van der Waals surface area contributed by atoms with Crippen molar-refractivity contribution >= 4 is 17.2 Å². The van der Waals surface area contributed by atoms with Crippen LogP contribution in [-0.2, 0) is 17.3 Å². The number of hydrogen-bond acceptors (Lipinski definition) is 2. The Labute approximate surface area is 133 Å². The smallest absolute Gasteiger partial charge is 0.379 e. The Morgan fingerprint density at radius 3 is 2.50 bits per heavy atom. The van der Waals surface area contributed by atoms with Crippen LogP contribution in [0.5, 0.6) is 0 Å². The number of alkyl halides is 3. The zero-order chi connectivity index (χ0) is 16.3. The highest BCUT2D eigenvalue weighted by atomic mass is 35.5. The van der Waals surface area contributed by atoms with Crippen molar-refractivity contribution in [1.29, 1.82) is 0 Å². The maximum absolute atomic E-state index is 13.2. The van der Waals surface area contributed by atoms with Gasteiger partial charge in [0.1, 0.15) is 0 Å². The minimum Gasteiger partial charge on any atom is -0.379 e. The molecule has 22 heavy (non-hydrogen) atoms. The van der Waals surface area contributed by atoms with Crippen molar-refractivity contribution in [2.45, 2.75) is 19.5 Å². The van der Waals surface area contributed by atoms with Crippen LogP contribution < -0.4 is 0 Å². The van der Waals surface area contributed by atoms with Crippen molar-refractivity contribution in [2.24, 2.45) is 0 Å². The molecule has 2 nitrogen and oxygen atoms in total. The summed E-state index contributed by atoms with van der Waals surface area (Å²) in [6.45, 7) is 8.75.